The summed E-state index contributed by atoms with van der Waals surface area (Å²) in [6.45, 7) is 3.63. The van der Waals surface area contributed by atoms with Crippen molar-refractivity contribution in [3.63, 3.8) is 0 Å². The van der Waals surface area contributed by atoms with E-state index in [1.807, 2.05) is 6.07 Å². The van der Waals surface area contributed by atoms with Crippen molar-refractivity contribution in [1.82, 2.24) is 0 Å². The first-order valence-corrected chi connectivity index (χ1v) is 10.0. The van der Waals surface area contributed by atoms with Crippen LogP contribution in [-0.4, -0.2) is 29.5 Å². The van der Waals surface area contributed by atoms with E-state index >= 15 is 0 Å². The van der Waals surface area contributed by atoms with E-state index in [-0.39, 0.29) is 12.4 Å². The molecule has 2 rings (SSSR count). The number of esters is 1. The van der Waals surface area contributed by atoms with Gasteiger partial charge in [0.1, 0.15) is 6.10 Å². The standard InChI is InChI=1S/C22H23FN2O5S/c1-22(2,9-10-29-19(27)13-31)20(15-5-8-18(26)17(23)11-15)30-21(28)25-16-6-3-14(12-24)4-7-16/h3-8,11,20,26,31H,9-10,13H2,1-2H3,(H,25,28)/t20-/m0/s1. The fourth-order valence-electron chi connectivity index (χ4n) is 2.85. The van der Waals surface area contributed by atoms with Gasteiger partial charge in [-0.1, -0.05) is 19.9 Å². The quantitative estimate of drug-likeness (QED) is 0.405. The third-order valence-corrected chi connectivity index (χ3v) is 4.87. The Morgan fingerprint density at radius 1 is 1.26 bits per heavy atom. The number of phenols is 1. The molecule has 0 aliphatic rings. The summed E-state index contributed by atoms with van der Waals surface area (Å²) in [6, 6.07) is 11.9. The minimum Gasteiger partial charge on any atom is -0.505 e. The molecule has 0 fully saturated rings. The Hall–Kier alpha value is -3.25. The second kappa shape index (κ2) is 10.7. The van der Waals surface area contributed by atoms with Gasteiger partial charge in [0.15, 0.2) is 11.6 Å². The first-order valence-electron chi connectivity index (χ1n) is 9.39. The minimum absolute atomic E-state index is 0.0590. The topological polar surface area (TPSA) is 109 Å². The van der Waals surface area contributed by atoms with Crippen LogP contribution < -0.4 is 5.32 Å². The van der Waals surface area contributed by atoms with Crippen molar-refractivity contribution in [3.05, 3.63) is 59.4 Å². The monoisotopic (exact) mass is 446 g/mol. The summed E-state index contributed by atoms with van der Waals surface area (Å²) < 4.78 is 24.7. The van der Waals surface area contributed by atoms with Crippen molar-refractivity contribution < 1.29 is 28.6 Å². The van der Waals surface area contributed by atoms with Crippen molar-refractivity contribution in [3.8, 4) is 11.8 Å². The number of carbonyl (C=O) groups excluding carboxylic acids is 2. The number of halogens is 1. The molecule has 31 heavy (non-hydrogen) atoms. The highest BCUT2D eigenvalue weighted by molar-refractivity contribution is 7.81. The maximum Gasteiger partial charge on any atom is 0.412 e. The summed E-state index contributed by atoms with van der Waals surface area (Å²) >= 11 is 3.85. The van der Waals surface area contributed by atoms with Crippen LogP contribution in [0.5, 0.6) is 5.75 Å². The zero-order valence-corrected chi connectivity index (χ0v) is 18.0. The number of ether oxygens (including phenoxy) is 2. The van der Waals surface area contributed by atoms with Crippen LogP contribution in [-0.2, 0) is 14.3 Å². The zero-order chi connectivity index (χ0) is 23.0. The SMILES string of the molecule is CC(C)(CCOC(=O)CS)[C@@H](OC(=O)Nc1ccc(C#N)cc1)c1ccc(O)c(F)c1. The van der Waals surface area contributed by atoms with E-state index in [2.05, 4.69) is 17.9 Å². The van der Waals surface area contributed by atoms with E-state index in [4.69, 9.17) is 14.7 Å². The number of hydrogen-bond acceptors (Lipinski definition) is 7. The van der Waals surface area contributed by atoms with Crippen LogP contribution in [0.25, 0.3) is 0 Å². The zero-order valence-electron chi connectivity index (χ0n) is 17.1. The lowest BCUT2D eigenvalue weighted by molar-refractivity contribution is -0.141. The molecule has 2 aromatic carbocycles. The Balaban J connectivity index is 2.21. The van der Waals surface area contributed by atoms with Gasteiger partial charge in [0, 0.05) is 11.1 Å². The van der Waals surface area contributed by atoms with Crippen LogP contribution in [0.1, 0.15) is 37.5 Å². The molecule has 0 saturated heterocycles. The third-order valence-electron chi connectivity index (χ3n) is 4.61. The summed E-state index contributed by atoms with van der Waals surface area (Å²) in [7, 11) is 0. The molecule has 0 aliphatic carbocycles. The Kier molecular flexibility index (Phi) is 8.28. The van der Waals surface area contributed by atoms with E-state index in [0.717, 1.165) is 6.07 Å². The van der Waals surface area contributed by atoms with Gasteiger partial charge in [-0.05, 0) is 48.4 Å². The van der Waals surface area contributed by atoms with Gasteiger partial charge in [0.05, 0.1) is 24.0 Å². The Bertz CT molecular complexity index is 973. The summed E-state index contributed by atoms with van der Waals surface area (Å²) in [5.41, 5.74) is 0.423. The highest BCUT2D eigenvalue weighted by atomic mass is 32.1. The molecule has 0 saturated carbocycles. The Labute approximate surface area is 185 Å². The molecular weight excluding hydrogens is 423 g/mol. The molecule has 0 heterocycles. The molecule has 164 valence electrons. The number of thiol groups is 1. The van der Waals surface area contributed by atoms with Gasteiger partial charge >= 0.3 is 12.1 Å². The van der Waals surface area contributed by atoms with Gasteiger partial charge in [-0.25, -0.2) is 9.18 Å². The normalized spacial score (nSPS) is 11.8. The first-order chi connectivity index (χ1) is 14.7. The number of nitrogens with zero attached hydrogens (tertiary/aromatic N) is 1. The van der Waals surface area contributed by atoms with Gasteiger partial charge in [-0.2, -0.15) is 17.9 Å². The molecule has 0 bridgehead atoms. The molecule has 2 aromatic rings. The second-order valence-corrected chi connectivity index (χ2v) is 7.74. The largest absolute Gasteiger partial charge is 0.505 e. The number of nitriles is 1. The summed E-state index contributed by atoms with van der Waals surface area (Å²) in [4.78, 5) is 23.9. The van der Waals surface area contributed by atoms with Crippen LogP contribution >= 0.6 is 12.6 Å². The van der Waals surface area contributed by atoms with Crippen LogP contribution in [0.15, 0.2) is 42.5 Å². The van der Waals surface area contributed by atoms with Crippen molar-refractivity contribution in [2.45, 2.75) is 26.4 Å². The molecule has 0 radical (unpaired) electrons. The molecular formula is C22H23FN2O5S. The number of benzene rings is 2. The van der Waals surface area contributed by atoms with Crippen molar-refractivity contribution >= 4 is 30.4 Å². The number of nitrogens with one attached hydrogen (secondary N) is 1. The lowest BCUT2D eigenvalue weighted by Gasteiger charge is -2.34. The van der Waals surface area contributed by atoms with Crippen LogP contribution in [0.2, 0.25) is 0 Å². The number of aromatic hydroxyl groups is 1. The number of anilines is 1. The van der Waals surface area contributed by atoms with Gasteiger partial charge in [0.2, 0.25) is 0 Å². The van der Waals surface area contributed by atoms with Crippen molar-refractivity contribution in [2.24, 2.45) is 5.41 Å². The van der Waals surface area contributed by atoms with Crippen LogP contribution in [0, 0.1) is 22.6 Å². The number of phenolic OH excluding ortho intramolecular Hbond substituents is 1. The average Bonchev–Trinajstić information content (AvgIpc) is 2.74. The van der Waals surface area contributed by atoms with Gasteiger partial charge in [-0.3, -0.25) is 10.1 Å². The van der Waals surface area contributed by atoms with Crippen molar-refractivity contribution in [1.29, 1.82) is 5.26 Å². The van der Waals surface area contributed by atoms with E-state index in [9.17, 15) is 19.1 Å². The first kappa shape index (κ1) is 24.0. The molecule has 9 heteroatoms. The smallest absolute Gasteiger partial charge is 0.412 e. The molecule has 0 aromatic heterocycles. The molecule has 0 aliphatic heterocycles. The van der Waals surface area contributed by atoms with E-state index in [1.54, 1.807) is 38.1 Å². The predicted molar refractivity (Wildman–Crippen MR) is 115 cm³/mol. The second-order valence-electron chi connectivity index (χ2n) is 7.43. The fourth-order valence-corrected chi connectivity index (χ4v) is 2.94. The van der Waals surface area contributed by atoms with Crippen LogP contribution in [0.4, 0.5) is 14.9 Å². The lowest BCUT2D eigenvalue weighted by Crippen LogP contribution is -2.30. The number of rotatable bonds is 8. The number of amides is 1. The third kappa shape index (κ3) is 6.89. The fraction of sp³-hybridized carbons (Fsp3) is 0.318. The highest BCUT2D eigenvalue weighted by Gasteiger charge is 2.35. The molecule has 7 nitrogen and oxygen atoms in total. The lowest BCUT2D eigenvalue weighted by atomic mass is 9.80. The maximum atomic E-state index is 14.0. The van der Waals surface area contributed by atoms with E-state index < -0.39 is 35.1 Å². The van der Waals surface area contributed by atoms with Gasteiger partial charge in [-0.15, -0.1) is 0 Å². The summed E-state index contributed by atoms with van der Waals surface area (Å²) in [5, 5.41) is 20.9. The molecule has 1 amide bonds. The van der Waals surface area contributed by atoms with Gasteiger partial charge < -0.3 is 14.6 Å². The predicted octanol–water partition coefficient (Wildman–Crippen LogP) is 4.58. The molecule has 0 unspecified atom stereocenters. The molecule has 0 spiro atoms. The van der Waals surface area contributed by atoms with Crippen molar-refractivity contribution in [2.75, 3.05) is 17.7 Å². The van der Waals surface area contributed by atoms with E-state index in [1.165, 1.54) is 12.1 Å². The summed E-state index contributed by atoms with van der Waals surface area (Å²) in [6.07, 6.45) is -1.40. The maximum absolute atomic E-state index is 14.0. The van der Waals surface area contributed by atoms with Gasteiger partial charge in [0.25, 0.3) is 0 Å². The minimum atomic E-state index is -0.921. The van der Waals surface area contributed by atoms with E-state index in [0.29, 0.717) is 23.2 Å². The van der Waals surface area contributed by atoms with Crippen LogP contribution in [0.3, 0.4) is 0 Å². The highest BCUT2D eigenvalue weighted by Crippen LogP contribution is 2.40. The summed E-state index contributed by atoms with van der Waals surface area (Å²) in [5.74, 6) is -1.91. The molecule has 1 atom stereocenters. The average molecular weight is 447 g/mol. The Morgan fingerprint density at radius 3 is 2.52 bits per heavy atom. The Morgan fingerprint density at radius 2 is 1.94 bits per heavy atom. The number of carbonyl (C=O) groups is 2. The number of hydrogen-bond donors (Lipinski definition) is 3. The molecule has 2 N–H and O–H groups in total.